The maximum absolute atomic E-state index is 13.5. The zero-order valence-corrected chi connectivity index (χ0v) is 16.4. The van der Waals surface area contributed by atoms with Gasteiger partial charge in [0.25, 0.3) is 0 Å². The fourth-order valence-electron chi connectivity index (χ4n) is 3.66. The van der Waals surface area contributed by atoms with Crippen LogP contribution >= 0.6 is 0 Å². The molecule has 3 nitrogen and oxygen atoms in total. The molecule has 2 atom stereocenters. The van der Waals surface area contributed by atoms with Crippen molar-refractivity contribution in [1.82, 2.24) is 10.6 Å². The number of benzene rings is 3. The second kappa shape index (κ2) is 8.03. The zero-order valence-electron chi connectivity index (χ0n) is 16.4. The number of nitrogens with zero attached hydrogens (tertiary/aromatic N) is 1. The molecule has 0 radical (unpaired) electrons. The Morgan fingerprint density at radius 3 is 2.24 bits per heavy atom. The van der Waals surface area contributed by atoms with Crippen LogP contribution in [-0.2, 0) is 6.54 Å². The van der Waals surface area contributed by atoms with E-state index in [0.29, 0.717) is 18.1 Å². The Hall–Kier alpha value is -3.21. The molecule has 2 N–H and O–H groups in total. The van der Waals surface area contributed by atoms with E-state index in [9.17, 15) is 8.78 Å². The highest BCUT2D eigenvalue weighted by molar-refractivity contribution is 5.82. The minimum absolute atomic E-state index is 0.0100. The third-order valence-electron chi connectivity index (χ3n) is 5.11. The second-order valence-corrected chi connectivity index (χ2v) is 7.47. The molecule has 0 fully saturated rings. The van der Waals surface area contributed by atoms with Crippen molar-refractivity contribution in [1.29, 1.82) is 0 Å². The number of rotatable bonds is 4. The van der Waals surface area contributed by atoms with Crippen LogP contribution in [0.3, 0.4) is 0 Å². The Bertz CT molecular complexity index is 1060. The number of hydrogen-bond donors (Lipinski definition) is 2. The lowest BCUT2D eigenvalue weighted by molar-refractivity contribution is 0.506. The summed E-state index contributed by atoms with van der Waals surface area (Å²) >= 11 is 0. The van der Waals surface area contributed by atoms with E-state index in [1.54, 1.807) is 6.07 Å². The molecule has 0 spiro atoms. The van der Waals surface area contributed by atoms with Crippen LogP contribution in [0.2, 0.25) is 0 Å². The predicted octanol–water partition coefficient (Wildman–Crippen LogP) is 5.11. The molecule has 3 aromatic carbocycles. The fourth-order valence-corrected chi connectivity index (χ4v) is 3.66. The quantitative estimate of drug-likeness (QED) is 0.648. The SMILES string of the molecule is Cc1cccc([C@H]2NC(NCc3ccc(F)c(F)c3)=N[C@H]2c2cccc(C)c2)c1. The summed E-state index contributed by atoms with van der Waals surface area (Å²) in [6.45, 7) is 4.49. The van der Waals surface area contributed by atoms with Gasteiger partial charge in [0.2, 0.25) is 0 Å². The largest absolute Gasteiger partial charge is 0.352 e. The Morgan fingerprint density at radius 2 is 1.55 bits per heavy atom. The molecular weight excluding hydrogens is 368 g/mol. The third-order valence-corrected chi connectivity index (χ3v) is 5.11. The molecule has 3 aromatic rings. The van der Waals surface area contributed by atoms with Crippen LogP contribution in [0.4, 0.5) is 8.78 Å². The van der Waals surface area contributed by atoms with Gasteiger partial charge in [-0.1, -0.05) is 65.7 Å². The lowest BCUT2D eigenvalue weighted by Gasteiger charge is -2.20. The highest BCUT2D eigenvalue weighted by Crippen LogP contribution is 2.36. The summed E-state index contributed by atoms with van der Waals surface area (Å²) < 4.78 is 26.6. The van der Waals surface area contributed by atoms with Crippen molar-refractivity contribution in [3.05, 3.63) is 106 Å². The first-order valence-electron chi connectivity index (χ1n) is 9.65. The number of aliphatic imine (C=N–C) groups is 1. The summed E-state index contributed by atoms with van der Waals surface area (Å²) in [6.07, 6.45) is 0. The smallest absolute Gasteiger partial charge is 0.192 e. The van der Waals surface area contributed by atoms with Gasteiger partial charge in [0, 0.05) is 6.54 Å². The number of guanidine groups is 1. The summed E-state index contributed by atoms with van der Waals surface area (Å²) in [5.41, 5.74) is 5.32. The molecule has 0 amide bonds. The molecule has 1 aliphatic heterocycles. The monoisotopic (exact) mass is 391 g/mol. The molecule has 148 valence electrons. The molecule has 1 heterocycles. The lowest BCUT2D eigenvalue weighted by atomic mass is 9.93. The molecule has 4 rings (SSSR count). The molecule has 5 heteroatoms. The van der Waals surface area contributed by atoms with Gasteiger partial charge in [0.15, 0.2) is 17.6 Å². The van der Waals surface area contributed by atoms with Crippen molar-refractivity contribution in [2.75, 3.05) is 0 Å². The van der Waals surface area contributed by atoms with E-state index in [1.807, 2.05) is 12.1 Å². The fraction of sp³-hybridized carbons (Fsp3) is 0.208. The van der Waals surface area contributed by atoms with Crippen LogP contribution in [0.1, 0.15) is 39.9 Å². The van der Waals surface area contributed by atoms with Gasteiger partial charge >= 0.3 is 0 Å². The van der Waals surface area contributed by atoms with Gasteiger partial charge in [-0.2, -0.15) is 0 Å². The lowest BCUT2D eigenvalue weighted by Crippen LogP contribution is -2.35. The Labute approximate surface area is 169 Å². The molecular formula is C24H23F2N3. The van der Waals surface area contributed by atoms with Crippen LogP contribution in [0, 0.1) is 25.5 Å². The maximum Gasteiger partial charge on any atom is 0.192 e. The molecule has 0 saturated heterocycles. The van der Waals surface area contributed by atoms with Crippen molar-refractivity contribution in [2.45, 2.75) is 32.5 Å². The average Bonchev–Trinajstić information content (AvgIpc) is 3.13. The van der Waals surface area contributed by atoms with Crippen LogP contribution < -0.4 is 10.6 Å². The highest BCUT2D eigenvalue weighted by atomic mass is 19.2. The number of aryl methyl sites for hydroxylation is 2. The number of nitrogens with one attached hydrogen (secondary N) is 2. The highest BCUT2D eigenvalue weighted by Gasteiger charge is 2.31. The molecule has 0 bridgehead atoms. The summed E-state index contributed by atoms with van der Waals surface area (Å²) in [7, 11) is 0. The summed E-state index contributed by atoms with van der Waals surface area (Å²) in [5, 5.41) is 6.69. The zero-order chi connectivity index (χ0) is 20.4. The van der Waals surface area contributed by atoms with Crippen LogP contribution in [0.25, 0.3) is 0 Å². The van der Waals surface area contributed by atoms with E-state index in [-0.39, 0.29) is 12.1 Å². The molecule has 0 aromatic heterocycles. The summed E-state index contributed by atoms with van der Waals surface area (Å²) in [4.78, 5) is 4.87. The predicted molar refractivity (Wildman–Crippen MR) is 112 cm³/mol. The first-order valence-corrected chi connectivity index (χ1v) is 9.65. The van der Waals surface area contributed by atoms with Gasteiger partial charge < -0.3 is 10.6 Å². The molecule has 1 aliphatic rings. The van der Waals surface area contributed by atoms with Gasteiger partial charge in [-0.05, 0) is 42.7 Å². The number of halogens is 2. The van der Waals surface area contributed by atoms with Gasteiger partial charge in [-0.3, -0.25) is 0 Å². The van der Waals surface area contributed by atoms with Crippen molar-refractivity contribution in [3.8, 4) is 0 Å². The Kier molecular flexibility index (Phi) is 5.30. The van der Waals surface area contributed by atoms with Crippen LogP contribution in [0.15, 0.2) is 71.7 Å². The first-order chi connectivity index (χ1) is 14.0. The van der Waals surface area contributed by atoms with E-state index in [0.717, 1.165) is 17.2 Å². The van der Waals surface area contributed by atoms with E-state index < -0.39 is 11.6 Å². The molecule has 0 saturated carbocycles. The van der Waals surface area contributed by atoms with E-state index in [1.165, 1.54) is 17.2 Å². The minimum atomic E-state index is -0.846. The normalized spacial score (nSPS) is 18.3. The van der Waals surface area contributed by atoms with Gasteiger partial charge in [0.05, 0.1) is 6.04 Å². The van der Waals surface area contributed by atoms with Gasteiger partial charge in [-0.15, -0.1) is 0 Å². The molecule has 0 aliphatic carbocycles. The van der Waals surface area contributed by atoms with Crippen molar-refractivity contribution in [3.63, 3.8) is 0 Å². The summed E-state index contributed by atoms with van der Waals surface area (Å²) in [6, 6.07) is 20.5. The Morgan fingerprint density at radius 1 is 0.862 bits per heavy atom. The van der Waals surface area contributed by atoms with E-state index >= 15 is 0 Å². The summed E-state index contributed by atoms with van der Waals surface area (Å²) in [5.74, 6) is -1.04. The van der Waals surface area contributed by atoms with Crippen molar-refractivity contribution >= 4 is 5.96 Å². The van der Waals surface area contributed by atoms with Gasteiger partial charge in [0.1, 0.15) is 6.04 Å². The second-order valence-electron chi connectivity index (χ2n) is 7.47. The van der Waals surface area contributed by atoms with Crippen LogP contribution in [-0.4, -0.2) is 5.96 Å². The number of hydrogen-bond acceptors (Lipinski definition) is 3. The van der Waals surface area contributed by atoms with Crippen molar-refractivity contribution < 1.29 is 8.78 Å². The molecule has 0 unspecified atom stereocenters. The third kappa shape index (κ3) is 4.29. The van der Waals surface area contributed by atoms with E-state index in [4.69, 9.17) is 4.99 Å². The Balaban J connectivity index is 1.59. The topological polar surface area (TPSA) is 36.4 Å². The standard InChI is InChI=1S/C24H23F2N3/c1-15-5-3-7-18(11-15)22-23(19-8-4-6-16(2)12-19)29-24(28-22)27-14-17-9-10-20(25)21(26)13-17/h3-13,22-23H,14H2,1-2H3,(H2,27,28,29)/t22-,23+. The van der Waals surface area contributed by atoms with E-state index in [2.05, 4.69) is 60.9 Å². The van der Waals surface area contributed by atoms with Gasteiger partial charge in [-0.25, -0.2) is 13.8 Å². The molecule has 29 heavy (non-hydrogen) atoms. The maximum atomic E-state index is 13.5. The minimum Gasteiger partial charge on any atom is -0.352 e. The van der Waals surface area contributed by atoms with Crippen LogP contribution in [0.5, 0.6) is 0 Å². The van der Waals surface area contributed by atoms with Crippen molar-refractivity contribution in [2.24, 2.45) is 4.99 Å². The first kappa shape index (κ1) is 19.1. The average molecular weight is 391 g/mol.